The Morgan fingerprint density at radius 3 is 2.00 bits per heavy atom. The first kappa shape index (κ1) is 24.6. The zero-order valence-electron chi connectivity index (χ0n) is 17.5. The number of carbonyl (C=O) groups excluding carboxylic acids is 2. The zero-order valence-corrected chi connectivity index (χ0v) is 19.9. The molecule has 0 unspecified atom stereocenters. The minimum absolute atomic E-state index is 0.0730. The van der Waals surface area contributed by atoms with Crippen molar-refractivity contribution in [3.05, 3.63) is 69.7 Å². The summed E-state index contributed by atoms with van der Waals surface area (Å²) >= 11 is 13.4. The van der Waals surface area contributed by atoms with Crippen molar-refractivity contribution in [3.8, 4) is 0 Å². The number of halogens is 2. The molecule has 0 aliphatic rings. The van der Waals surface area contributed by atoms with Crippen LogP contribution >= 0.6 is 35.0 Å². The summed E-state index contributed by atoms with van der Waals surface area (Å²) in [5.74, 6) is 1.12. The van der Waals surface area contributed by atoms with Gasteiger partial charge in [-0.25, -0.2) is 0 Å². The molecule has 2 amide bonds. The molecule has 162 valence electrons. The van der Waals surface area contributed by atoms with Crippen molar-refractivity contribution in [3.63, 3.8) is 0 Å². The third kappa shape index (κ3) is 8.21. The number of nitrogens with one attached hydrogen (secondary N) is 1. The van der Waals surface area contributed by atoms with Crippen LogP contribution in [0.15, 0.2) is 48.5 Å². The standard InChI is InChI=1S/C23H28Cl2N2O2S/c1-16(2)12-26-23(29)17(3)27(13-18-4-8-20(24)9-5-18)22(28)15-30-14-19-6-10-21(25)11-7-19/h4-11,16-17H,12-15H2,1-3H3,(H,26,29)/t17-/m0/s1. The fourth-order valence-electron chi connectivity index (χ4n) is 2.74. The lowest BCUT2D eigenvalue weighted by molar-refractivity contribution is -0.138. The Bertz CT molecular complexity index is 826. The molecule has 2 aromatic rings. The molecule has 0 aliphatic carbocycles. The van der Waals surface area contributed by atoms with Gasteiger partial charge in [0.25, 0.3) is 0 Å². The predicted octanol–water partition coefficient (Wildman–Crippen LogP) is 5.42. The summed E-state index contributed by atoms with van der Waals surface area (Å²) in [5, 5.41) is 4.25. The summed E-state index contributed by atoms with van der Waals surface area (Å²) in [7, 11) is 0. The maximum Gasteiger partial charge on any atom is 0.242 e. The molecular formula is C23H28Cl2N2O2S. The maximum atomic E-state index is 13.0. The van der Waals surface area contributed by atoms with Crippen LogP contribution in [0.1, 0.15) is 31.9 Å². The fraction of sp³-hybridized carbons (Fsp3) is 0.391. The third-order valence-electron chi connectivity index (χ3n) is 4.53. The molecule has 0 bridgehead atoms. The Hall–Kier alpha value is -1.69. The summed E-state index contributed by atoms with van der Waals surface area (Å²) in [6.45, 7) is 6.78. The number of hydrogen-bond donors (Lipinski definition) is 1. The van der Waals surface area contributed by atoms with Crippen LogP contribution in [0.3, 0.4) is 0 Å². The Morgan fingerprint density at radius 1 is 0.933 bits per heavy atom. The van der Waals surface area contributed by atoms with E-state index in [4.69, 9.17) is 23.2 Å². The van der Waals surface area contributed by atoms with Gasteiger partial charge in [0.1, 0.15) is 6.04 Å². The van der Waals surface area contributed by atoms with Crippen molar-refractivity contribution in [2.24, 2.45) is 5.92 Å². The summed E-state index contributed by atoms with van der Waals surface area (Å²) in [6, 6.07) is 14.4. The van der Waals surface area contributed by atoms with Crippen LogP contribution in [0.25, 0.3) is 0 Å². The van der Waals surface area contributed by atoms with Crippen LogP contribution in [0.5, 0.6) is 0 Å². The normalized spacial score (nSPS) is 11.9. The molecule has 2 rings (SSSR count). The van der Waals surface area contributed by atoms with Gasteiger partial charge >= 0.3 is 0 Å². The van der Waals surface area contributed by atoms with Gasteiger partial charge in [-0.3, -0.25) is 9.59 Å². The SMILES string of the molecule is CC(C)CNC(=O)[C@H](C)N(Cc1ccc(Cl)cc1)C(=O)CSCc1ccc(Cl)cc1. The average molecular weight is 467 g/mol. The van der Waals surface area contributed by atoms with Crippen LogP contribution in [0, 0.1) is 5.92 Å². The number of amides is 2. The number of nitrogens with zero attached hydrogens (tertiary/aromatic N) is 1. The first-order chi connectivity index (χ1) is 14.3. The van der Waals surface area contributed by atoms with E-state index < -0.39 is 6.04 Å². The minimum Gasteiger partial charge on any atom is -0.354 e. The number of carbonyl (C=O) groups is 2. The van der Waals surface area contributed by atoms with E-state index in [1.54, 1.807) is 24.0 Å². The second-order valence-electron chi connectivity index (χ2n) is 7.58. The Balaban J connectivity index is 2.04. The number of rotatable bonds is 10. The lowest BCUT2D eigenvalue weighted by Gasteiger charge is -2.29. The average Bonchev–Trinajstić information content (AvgIpc) is 2.72. The summed E-state index contributed by atoms with van der Waals surface area (Å²) in [6.07, 6.45) is 0. The first-order valence-corrected chi connectivity index (χ1v) is 11.8. The van der Waals surface area contributed by atoms with Gasteiger partial charge in [-0.05, 0) is 48.2 Å². The van der Waals surface area contributed by atoms with Gasteiger partial charge in [0.2, 0.25) is 11.8 Å². The van der Waals surface area contributed by atoms with Crippen LogP contribution in [-0.4, -0.2) is 35.1 Å². The molecule has 30 heavy (non-hydrogen) atoms. The third-order valence-corrected chi connectivity index (χ3v) is 6.02. The van der Waals surface area contributed by atoms with Gasteiger partial charge in [0.15, 0.2) is 0 Å². The van der Waals surface area contributed by atoms with E-state index in [9.17, 15) is 9.59 Å². The Kier molecular flexibility index (Phi) is 10.0. The molecule has 0 saturated carbocycles. The summed E-state index contributed by atoms with van der Waals surface area (Å²) in [4.78, 5) is 27.3. The van der Waals surface area contributed by atoms with Crippen molar-refractivity contribution >= 4 is 46.8 Å². The van der Waals surface area contributed by atoms with Gasteiger partial charge in [0, 0.05) is 28.9 Å². The smallest absolute Gasteiger partial charge is 0.242 e. The molecule has 0 aliphatic heterocycles. The van der Waals surface area contributed by atoms with Crippen LogP contribution < -0.4 is 5.32 Å². The van der Waals surface area contributed by atoms with Crippen molar-refractivity contribution in [2.45, 2.75) is 39.1 Å². The largest absolute Gasteiger partial charge is 0.354 e. The van der Waals surface area contributed by atoms with E-state index in [0.29, 0.717) is 34.8 Å². The highest BCUT2D eigenvalue weighted by molar-refractivity contribution is 7.99. The molecule has 0 heterocycles. The van der Waals surface area contributed by atoms with E-state index in [1.807, 2.05) is 50.2 Å². The van der Waals surface area contributed by atoms with E-state index in [1.165, 1.54) is 11.8 Å². The number of hydrogen-bond acceptors (Lipinski definition) is 3. The molecule has 7 heteroatoms. The minimum atomic E-state index is -0.567. The highest BCUT2D eigenvalue weighted by Gasteiger charge is 2.26. The molecule has 0 fully saturated rings. The summed E-state index contributed by atoms with van der Waals surface area (Å²) in [5.41, 5.74) is 2.03. The quantitative estimate of drug-likeness (QED) is 0.508. The van der Waals surface area contributed by atoms with E-state index >= 15 is 0 Å². The molecule has 0 saturated heterocycles. The van der Waals surface area contributed by atoms with Gasteiger partial charge in [0.05, 0.1) is 5.75 Å². The second kappa shape index (κ2) is 12.2. The van der Waals surface area contributed by atoms with Gasteiger partial charge < -0.3 is 10.2 Å². The highest BCUT2D eigenvalue weighted by atomic mass is 35.5. The monoisotopic (exact) mass is 466 g/mol. The van der Waals surface area contributed by atoms with Gasteiger partial charge in [-0.15, -0.1) is 11.8 Å². The molecule has 1 N–H and O–H groups in total. The van der Waals surface area contributed by atoms with E-state index in [2.05, 4.69) is 5.32 Å². The Morgan fingerprint density at radius 2 is 1.47 bits per heavy atom. The number of thioether (sulfide) groups is 1. The highest BCUT2D eigenvalue weighted by Crippen LogP contribution is 2.18. The lowest BCUT2D eigenvalue weighted by atomic mass is 10.1. The van der Waals surface area contributed by atoms with E-state index in [-0.39, 0.29) is 17.6 Å². The first-order valence-electron chi connectivity index (χ1n) is 9.90. The summed E-state index contributed by atoms with van der Waals surface area (Å²) < 4.78 is 0. The zero-order chi connectivity index (χ0) is 22.1. The lowest BCUT2D eigenvalue weighted by Crippen LogP contribution is -2.48. The number of benzene rings is 2. The van der Waals surface area contributed by atoms with Crippen molar-refractivity contribution in [1.29, 1.82) is 0 Å². The second-order valence-corrected chi connectivity index (χ2v) is 9.44. The maximum absolute atomic E-state index is 13.0. The molecule has 0 spiro atoms. The predicted molar refractivity (Wildman–Crippen MR) is 127 cm³/mol. The van der Waals surface area contributed by atoms with Crippen LogP contribution in [-0.2, 0) is 21.9 Å². The molecular weight excluding hydrogens is 439 g/mol. The van der Waals surface area contributed by atoms with Crippen LogP contribution in [0.2, 0.25) is 10.0 Å². The van der Waals surface area contributed by atoms with Gasteiger partial charge in [-0.1, -0.05) is 61.3 Å². The van der Waals surface area contributed by atoms with Crippen molar-refractivity contribution in [2.75, 3.05) is 12.3 Å². The molecule has 4 nitrogen and oxygen atoms in total. The fourth-order valence-corrected chi connectivity index (χ4v) is 3.86. The molecule has 1 atom stereocenters. The van der Waals surface area contributed by atoms with Crippen LogP contribution in [0.4, 0.5) is 0 Å². The molecule has 0 radical (unpaired) electrons. The van der Waals surface area contributed by atoms with Crippen molar-refractivity contribution < 1.29 is 9.59 Å². The topological polar surface area (TPSA) is 49.4 Å². The van der Waals surface area contributed by atoms with E-state index in [0.717, 1.165) is 11.1 Å². The molecule has 2 aromatic carbocycles. The van der Waals surface area contributed by atoms with Gasteiger partial charge in [-0.2, -0.15) is 0 Å². The molecule has 0 aromatic heterocycles. The van der Waals surface area contributed by atoms with Crippen molar-refractivity contribution in [1.82, 2.24) is 10.2 Å². The Labute approximate surface area is 193 Å².